The molecule has 5 nitrogen and oxygen atoms in total. The van der Waals surface area contributed by atoms with Crippen LogP contribution in [0.2, 0.25) is 0 Å². The zero-order chi connectivity index (χ0) is 14.7. The number of aromatic nitrogens is 1. The van der Waals surface area contributed by atoms with Gasteiger partial charge in [-0.15, -0.1) is 0 Å². The highest BCUT2D eigenvalue weighted by atomic mass is 16.5. The Kier molecular flexibility index (Phi) is 3.89. The molecule has 104 valence electrons. The molecule has 0 saturated carbocycles. The summed E-state index contributed by atoms with van der Waals surface area (Å²) >= 11 is 0. The highest BCUT2D eigenvalue weighted by Crippen LogP contribution is 2.17. The van der Waals surface area contributed by atoms with Crippen molar-refractivity contribution in [1.82, 2.24) is 4.57 Å². The van der Waals surface area contributed by atoms with Crippen LogP contribution in [-0.4, -0.2) is 23.1 Å². The highest BCUT2D eigenvalue weighted by molar-refractivity contribution is 5.91. The van der Waals surface area contributed by atoms with Crippen LogP contribution in [0, 0.1) is 13.8 Å². The molecule has 1 amide bonds. The van der Waals surface area contributed by atoms with Crippen LogP contribution in [0.1, 0.15) is 21.7 Å². The fraction of sp³-hybridized carbons (Fsp3) is 0.200. The van der Waals surface area contributed by atoms with Crippen LogP contribution in [0.4, 0.5) is 0 Å². The molecule has 1 heterocycles. The second kappa shape index (κ2) is 5.61. The van der Waals surface area contributed by atoms with Crippen molar-refractivity contribution in [2.45, 2.75) is 13.8 Å². The second-order valence-corrected chi connectivity index (χ2v) is 4.54. The SMILES string of the molecule is Cc1ccc(C)n1-c1ccc(C(=O)OCC(N)=O)cc1. The maximum Gasteiger partial charge on any atom is 0.338 e. The van der Waals surface area contributed by atoms with Crippen LogP contribution < -0.4 is 5.73 Å². The van der Waals surface area contributed by atoms with Gasteiger partial charge in [0.2, 0.25) is 0 Å². The van der Waals surface area contributed by atoms with Gasteiger partial charge in [0.1, 0.15) is 0 Å². The fourth-order valence-corrected chi connectivity index (χ4v) is 2.04. The van der Waals surface area contributed by atoms with E-state index in [0.29, 0.717) is 5.56 Å². The summed E-state index contributed by atoms with van der Waals surface area (Å²) in [6, 6.07) is 11.1. The first kappa shape index (κ1) is 13.9. The van der Waals surface area contributed by atoms with Gasteiger partial charge < -0.3 is 15.0 Å². The molecule has 1 aromatic carbocycles. The molecule has 2 N–H and O–H groups in total. The van der Waals surface area contributed by atoms with Crippen LogP contribution in [0.3, 0.4) is 0 Å². The monoisotopic (exact) mass is 272 g/mol. The Labute approximate surface area is 117 Å². The van der Waals surface area contributed by atoms with Crippen LogP contribution in [0.25, 0.3) is 5.69 Å². The third-order valence-corrected chi connectivity index (χ3v) is 2.98. The second-order valence-electron chi connectivity index (χ2n) is 4.54. The van der Waals surface area contributed by atoms with Gasteiger partial charge in [-0.2, -0.15) is 0 Å². The first-order valence-corrected chi connectivity index (χ1v) is 6.20. The van der Waals surface area contributed by atoms with E-state index in [1.807, 2.05) is 38.1 Å². The number of hydrogen-bond donors (Lipinski definition) is 1. The average molecular weight is 272 g/mol. The van der Waals surface area contributed by atoms with E-state index < -0.39 is 18.5 Å². The molecule has 2 rings (SSSR count). The molecule has 20 heavy (non-hydrogen) atoms. The Morgan fingerprint density at radius 3 is 2.10 bits per heavy atom. The highest BCUT2D eigenvalue weighted by Gasteiger charge is 2.09. The fourth-order valence-electron chi connectivity index (χ4n) is 2.04. The average Bonchev–Trinajstić information content (AvgIpc) is 2.76. The lowest BCUT2D eigenvalue weighted by atomic mass is 10.2. The van der Waals surface area contributed by atoms with E-state index in [1.165, 1.54) is 0 Å². The van der Waals surface area contributed by atoms with Gasteiger partial charge in [-0.25, -0.2) is 4.79 Å². The van der Waals surface area contributed by atoms with E-state index >= 15 is 0 Å². The van der Waals surface area contributed by atoms with Gasteiger partial charge in [0.05, 0.1) is 5.56 Å². The Bertz CT molecular complexity index is 622. The van der Waals surface area contributed by atoms with Crippen molar-refractivity contribution < 1.29 is 14.3 Å². The summed E-state index contributed by atoms with van der Waals surface area (Å²) in [5.74, 6) is -1.23. The first-order chi connectivity index (χ1) is 9.49. The molecule has 0 radical (unpaired) electrons. The minimum Gasteiger partial charge on any atom is -0.452 e. The smallest absolute Gasteiger partial charge is 0.338 e. The van der Waals surface area contributed by atoms with Crippen molar-refractivity contribution in [3.63, 3.8) is 0 Å². The van der Waals surface area contributed by atoms with E-state index in [0.717, 1.165) is 17.1 Å². The normalized spacial score (nSPS) is 10.3. The molecule has 2 aromatic rings. The maximum absolute atomic E-state index is 11.6. The van der Waals surface area contributed by atoms with Crippen LogP contribution >= 0.6 is 0 Å². The third-order valence-electron chi connectivity index (χ3n) is 2.98. The zero-order valence-corrected chi connectivity index (χ0v) is 11.4. The molecule has 0 fully saturated rings. The van der Waals surface area contributed by atoms with Gasteiger partial charge in [0, 0.05) is 17.1 Å². The summed E-state index contributed by atoms with van der Waals surface area (Å²) in [7, 11) is 0. The molecule has 0 bridgehead atoms. The van der Waals surface area contributed by atoms with Crippen LogP contribution in [0.15, 0.2) is 36.4 Å². The number of esters is 1. The Balaban J connectivity index is 2.18. The van der Waals surface area contributed by atoms with Crippen molar-refractivity contribution in [3.8, 4) is 5.69 Å². The number of carbonyl (C=O) groups excluding carboxylic acids is 2. The topological polar surface area (TPSA) is 74.3 Å². The molecular weight excluding hydrogens is 256 g/mol. The van der Waals surface area contributed by atoms with Gasteiger partial charge in [-0.1, -0.05) is 0 Å². The van der Waals surface area contributed by atoms with Crippen molar-refractivity contribution >= 4 is 11.9 Å². The summed E-state index contributed by atoms with van der Waals surface area (Å²) < 4.78 is 6.83. The molecule has 0 unspecified atom stereocenters. The number of amides is 1. The van der Waals surface area contributed by atoms with Crippen molar-refractivity contribution in [1.29, 1.82) is 0 Å². The molecule has 5 heteroatoms. The minimum absolute atomic E-state index is 0.387. The summed E-state index contributed by atoms with van der Waals surface area (Å²) in [6.07, 6.45) is 0. The van der Waals surface area contributed by atoms with Gasteiger partial charge in [-0.3, -0.25) is 4.79 Å². The number of carbonyl (C=O) groups is 2. The predicted molar refractivity (Wildman–Crippen MR) is 74.7 cm³/mol. The van der Waals surface area contributed by atoms with E-state index in [4.69, 9.17) is 10.5 Å². The van der Waals surface area contributed by atoms with Crippen molar-refractivity contribution in [2.75, 3.05) is 6.61 Å². The molecule has 0 aliphatic rings. The third kappa shape index (κ3) is 2.88. The Hall–Kier alpha value is -2.56. The number of nitrogens with zero attached hydrogens (tertiary/aromatic N) is 1. The Morgan fingerprint density at radius 1 is 1.05 bits per heavy atom. The van der Waals surface area contributed by atoms with Crippen LogP contribution in [-0.2, 0) is 9.53 Å². The van der Waals surface area contributed by atoms with Gasteiger partial charge >= 0.3 is 5.97 Å². The quantitative estimate of drug-likeness (QED) is 0.861. The molecule has 0 atom stereocenters. The molecule has 1 aromatic heterocycles. The van der Waals surface area contributed by atoms with Crippen LogP contribution in [0.5, 0.6) is 0 Å². The first-order valence-electron chi connectivity index (χ1n) is 6.20. The lowest BCUT2D eigenvalue weighted by molar-refractivity contribution is -0.121. The lowest BCUT2D eigenvalue weighted by Gasteiger charge is -2.10. The number of hydrogen-bond acceptors (Lipinski definition) is 3. The van der Waals surface area contributed by atoms with E-state index in [-0.39, 0.29) is 0 Å². The molecule has 0 spiro atoms. The number of ether oxygens (including phenoxy) is 1. The van der Waals surface area contributed by atoms with Crippen molar-refractivity contribution in [2.24, 2.45) is 5.73 Å². The molecule has 0 aliphatic carbocycles. The molecular formula is C15H16N2O3. The van der Waals surface area contributed by atoms with Gasteiger partial charge in [0.15, 0.2) is 6.61 Å². The lowest BCUT2D eigenvalue weighted by Crippen LogP contribution is -2.20. The van der Waals surface area contributed by atoms with E-state index in [2.05, 4.69) is 4.57 Å². The Morgan fingerprint density at radius 2 is 1.60 bits per heavy atom. The summed E-state index contributed by atoms with van der Waals surface area (Å²) in [6.45, 7) is 3.63. The largest absolute Gasteiger partial charge is 0.452 e. The van der Waals surface area contributed by atoms with E-state index in [9.17, 15) is 9.59 Å². The predicted octanol–water partition coefficient (Wildman–Crippen LogP) is 1.74. The maximum atomic E-state index is 11.6. The summed E-state index contributed by atoms with van der Waals surface area (Å²) in [5, 5.41) is 0. The molecule has 0 saturated heterocycles. The summed E-state index contributed by atoms with van der Waals surface area (Å²) in [4.78, 5) is 22.2. The molecule has 0 aliphatic heterocycles. The van der Waals surface area contributed by atoms with E-state index in [1.54, 1.807) is 12.1 Å². The van der Waals surface area contributed by atoms with Gasteiger partial charge in [-0.05, 0) is 50.2 Å². The number of rotatable bonds is 4. The number of benzene rings is 1. The standard InChI is InChI=1S/C15H16N2O3/c1-10-3-4-11(2)17(10)13-7-5-12(6-8-13)15(19)20-9-14(16)18/h3-8H,9H2,1-2H3,(H2,16,18). The van der Waals surface area contributed by atoms with Gasteiger partial charge in [0.25, 0.3) is 5.91 Å². The number of nitrogens with two attached hydrogens (primary N) is 1. The van der Waals surface area contributed by atoms with Crippen molar-refractivity contribution in [3.05, 3.63) is 53.3 Å². The zero-order valence-electron chi connectivity index (χ0n) is 11.4. The number of primary amides is 1. The number of aryl methyl sites for hydroxylation is 2. The minimum atomic E-state index is -0.673. The summed E-state index contributed by atoms with van der Waals surface area (Å²) in [5.41, 5.74) is 8.51.